The molecule has 3 rings (SSSR count). The molecule has 5 heteroatoms. The van der Waals surface area contributed by atoms with Gasteiger partial charge in [0.1, 0.15) is 11.5 Å². The number of benzene rings is 3. The Kier molecular flexibility index (Phi) is 6.29. The molecule has 0 aliphatic carbocycles. The third-order valence-corrected chi connectivity index (χ3v) is 4.28. The summed E-state index contributed by atoms with van der Waals surface area (Å²) >= 11 is 0. The molecule has 0 aromatic heterocycles. The number of carbonyl (C=O) groups excluding carboxylic acids is 1. The van der Waals surface area contributed by atoms with E-state index in [0.717, 1.165) is 16.9 Å². The predicted octanol–water partition coefficient (Wildman–Crippen LogP) is 5.00. The number of ether oxygens (including phenoxy) is 2. The summed E-state index contributed by atoms with van der Waals surface area (Å²) in [5.41, 5.74) is 3.51. The summed E-state index contributed by atoms with van der Waals surface area (Å²) in [6.45, 7) is 0. The third kappa shape index (κ3) is 5.24. The van der Waals surface area contributed by atoms with Crippen molar-refractivity contribution in [1.29, 1.82) is 5.26 Å². The van der Waals surface area contributed by atoms with Crippen LogP contribution >= 0.6 is 0 Å². The van der Waals surface area contributed by atoms with Crippen molar-refractivity contribution in [3.63, 3.8) is 0 Å². The fourth-order valence-corrected chi connectivity index (χ4v) is 2.72. The van der Waals surface area contributed by atoms with Crippen molar-refractivity contribution in [1.82, 2.24) is 0 Å². The van der Waals surface area contributed by atoms with Gasteiger partial charge in [0.05, 0.1) is 25.9 Å². The summed E-state index contributed by atoms with van der Waals surface area (Å²) in [4.78, 5) is 12.5. The first-order valence-electron chi connectivity index (χ1n) is 8.94. The molecule has 1 amide bonds. The zero-order valence-electron chi connectivity index (χ0n) is 16.2. The number of carbonyl (C=O) groups is 1. The highest BCUT2D eigenvalue weighted by Crippen LogP contribution is 2.23. The van der Waals surface area contributed by atoms with Gasteiger partial charge in [0.2, 0.25) is 0 Å². The van der Waals surface area contributed by atoms with Gasteiger partial charge in [-0.1, -0.05) is 24.3 Å². The van der Waals surface area contributed by atoms with Crippen LogP contribution in [0, 0.1) is 11.3 Å². The highest BCUT2D eigenvalue weighted by molar-refractivity contribution is 6.04. The van der Waals surface area contributed by atoms with Crippen LogP contribution in [0.1, 0.15) is 27.0 Å². The van der Waals surface area contributed by atoms with Gasteiger partial charge in [-0.05, 0) is 59.7 Å². The van der Waals surface area contributed by atoms with Crippen molar-refractivity contribution >= 4 is 23.7 Å². The van der Waals surface area contributed by atoms with Crippen molar-refractivity contribution in [2.24, 2.45) is 0 Å². The number of nitrogens with one attached hydrogen (secondary N) is 1. The highest BCUT2D eigenvalue weighted by atomic mass is 16.5. The molecule has 0 spiro atoms. The van der Waals surface area contributed by atoms with Crippen LogP contribution in [0.25, 0.3) is 12.2 Å². The van der Waals surface area contributed by atoms with Gasteiger partial charge in [0.15, 0.2) is 0 Å². The van der Waals surface area contributed by atoms with Crippen LogP contribution in [0.2, 0.25) is 0 Å². The van der Waals surface area contributed by atoms with E-state index in [0.29, 0.717) is 22.6 Å². The van der Waals surface area contributed by atoms with E-state index >= 15 is 0 Å². The lowest BCUT2D eigenvalue weighted by Gasteiger charge is -2.09. The van der Waals surface area contributed by atoms with Gasteiger partial charge >= 0.3 is 0 Å². The minimum atomic E-state index is -0.257. The van der Waals surface area contributed by atoms with Gasteiger partial charge in [0, 0.05) is 17.3 Å². The number of amides is 1. The van der Waals surface area contributed by atoms with E-state index in [1.54, 1.807) is 44.6 Å². The Morgan fingerprint density at radius 3 is 2.14 bits per heavy atom. The summed E-state index contributed by atoms with van der Waals surface area (Å²) in [6.07, 6.45) is 3.92. The van der Waals surface area contributed by atoms with Crippen LogP contribution in [0.15, 0.2) is 66.7 Å². The molecule has 3 aromatic rings. The third-order valence-electron chi connectivity index (χ3n) is 4.28. The maximum Gasteiger partial charge on any atom is 0.255 e. The summed E-state index contributed by atoms with van der Waals surface area (Å²) in [6, 6.07) is 21.7. The molecule has 0 fully saturated rings. The molecule has 0 heterocycles. The van der Waals surface area contributed by atoms with Gasteiger partial charge in [-0.15, -0.1) is 0 Å². The average Bonchev–Trinajstić information content (AvgIpc) is 2.77. The van der Waals surface area contributed by atoms with Crippen LogP contribution < -0.4 is 14.8 Å². The monoisotopic (exact) mass is 384 g/mol. The molecule has 0 bridgehead atoms. The lowest BCUT2D eigenvalue weighted by Crippen LogP contribution is -2.12. The van der Waals surface area contributed by atoms with Crippen molar-refractivity contribution < 1.29 is 14.3 Å². The number of hydrogen-bond acceptors (Lipinski definition) is 4. The lowest BCUT2D eigenvalue weighted by atomic mass is 10.1. The lowest BCUT2D eigenvalue weighted by molar-refractivity contribution is 0.102. The molecule has 0 saturated carbocycles. The van der Waals surface area contributed by atoms with Crippen molar-refractivity contribution in [2.45, 2.75) is 0 Å². The Hall–Kier alpha value is -4.04. The number of methoxy groups -OCH3 is 2. The Morgan fingerprint density at radius 1 is 0.862 bits per heavy atom. The molecule has 29 heavy (non-hydrogen) atoms. The Balaban J connectivity index is 1.79. The standard InChI is InChI=1S/C24H20N2O3/c1-28-22-11-7-17(8-12-22)3-4-19-13-21(15-23(14-19)29-2)26-24(27)20-9-5-18(16-25)6-10-20/h3-15H,1-2H3,(H,26,27)/b4-3+. The number of anilines is 1. The second-order valence-electron chi connectivity index (χ2n) is 6.24. The molecule has 3 aromatic carbocycles. The first-order chi connectivity index (χ1) is 14.1. The summed E-state index contributed by atoms with van der Waals surface area (Å²) in [5.74, 6) is 1.18. The minimum absolute atomic E-state index is 0.257. The molecule has 0 atom stereocenters. The van der Waals surface area contributed by atoms with Crippen LogP contribution in [0.5, 0.6) is 11.5 Å². The van der Waals surface area contributed by atoms with Gasteiger partial charge in [-0.25, -0.2) is 0 Å². The van der Waals surface area contributed by atoms with Gasteiger partial charge in [-0.3, -0.25) is 4.79 Å². The first-order valence-corrected chi connectivity index (χ1v) is 8.94. The normalized spacial score (nSPS) is 10.4. The molecular weight excluding hydrogens is 364 g/mol. The van der Waals surface area contributed by atoms with E-state index in [-0.39, 0.29) is 5.91 Å². The molecule has 0 aliphatic rings. The molecule has 0 unspecified atom stereocenters. The number of rotatable bonds is 6. The van der Waals surface area contributed by atoms with Crippen LogP contribution in [-0.4, -0.2) is 20.1 Å². The fraction of sp³-hybridized carbons (Fsp3) is 0.0833. The predicted molar refractivity (Wildman–Crippen MR) is 114 cm³/mol. The van der Waals surface area contributed by atoms with Gasteiger partial charge in [-0.2, -0.15) is 5.26 Å². The molecular formula is C24H20N2O3. The quantitative estimate of drug-likeness (QED) is 0.607. The molecule has 0 saturated heterocycles. The summed E-state index contributed by atoms with van der Waals surface area (Å²) in [7, 11) is 3.22. The molecule has 0 radical (unpaired) electrons. The van der Waals surface area contributed by atoms with E-state index < -0.39 is 0 Å². The smallest absolute Gasteiger partial charge is 0.255 e. The largest absolute Gasteiger partial charge is 0.497 e. The van der Waals surface area contributed by atoms with Crippen molar-refractivity contribution in [3.8, 4) is 17.6 Å². The summed E-state index contributed by atoms with van der Waals surface area (Å²) < 4.78 is 10.5. The molecule has 144 valence electrons. The van der Waals surface area contributed by atoms with E-state index in [1.807, 2.05) is 54.6 Å². The molecule has 0 aliphatic heterocycles. The number of nitrogens with zero attached hydrogens (tertiary/aromatic N) is 1. The number of hydrogen-bond donors (Lipinski definition) is 1. The zero-order valence-corrected chi connectivity index (χ0v) is 16.2. The first kappa shape index (κ1) is 19.7. The van der Waals surface area contributed by atoms with Crippen LogP contribution in [-0.2, 0) is 0 Å². The average molecular weight is 384 g/mol. The second-order valence-corrected chi connectivity index (χ2v) is 6.24. The van der Waals surface area contributed by atoms with Crippen LogP contribution in [0.4, 0.5) is 5.69 Å². The molecule has 5 nitrogen and oxygen atoms in total. The van der Waals surface area contributed by atoms with E-state index in [2.05, 4.69) is 5.32 Å². The fourth-order valence-electron chi connectivity index (χ4n) is 2.72. The maximum absolute atomic E-state index is 12.5. The zero-order chi connectivity index (χ0) is 20.6. The highest BCUT2D eigenvalue weighted by Gasteiger charge is 2.08. The minimum Gasteiger partial charge on any atom is -0.497 e. The van der Waals surface area contributed by atoms with Gasteiger partial charge in [0.25, 0.3) is 5.91 Å². The molecule has 1 N–H and O–H groups in total. The SMILES string of the molecule is COc1ccc(/C=C/c2cc(NC(=O)c3ccc(C#N)cc3)cc(OC)c2)cc1. The maximum atomic E-state index is 12.5. The Bertz CT molecular complexity index is 1060. The van der Waals surface area contributed by atoms with E-state index in [9.17, 15) is 4.79 Å². The summed E-state index contributed by atoms with van der Waals surface area (Å²) in [5, 5.41) is 11.7. The Morgan fingerprint density at radius 2 is 1.52 bits per heavy atom. The Labute approximate surface area is 169 Å². The second kappa shape index (κ2) is 9.25. The van der Waals surface area contributed by atoms with Gasteiger partial charge < -0.3 is 14.8 Å². The van der Waals surface area contributed by atoms with Crippen molar-refractivity contribution in [2.75, 3.05) is 19.5 Å². The van der Waals surface area contributed by atoms with E-state index in [4.69, 9.17) is 14.7 Å². The topological polar surface area (TPSA) is 71.3 Å². The number of nitriles is 1. The van der Waals surface area contributed by atoms with Crippen LogP contribution in [0.3, 0.4) is 0 Å². The van der Waals surface area contributed by atoms with Crippen molar-refractivity contribution in [3.05, 3.63) is 89.0 Å². The van der Waals surface area contributed by atoms with E-state index in [1.165, 1.54) is 0 Å².